The standard InChI is InChI=1S/C31H36O14/c1-17(33)42-22-14-31(40,13-20(34)28(22)45-24(35)12-11-18-7-3-2-4-8-18)30(39)41-16-19-9-5-6-10-21(19)43-29-27(38)26(37)25(36)23(15-32)44-29/h2-12,20,22-23,25-29,32,34,36-38,40H,13-16H2,1H3/b12-11+/t20-,22-,23-,25-,26+,27-,28-,29-,31+/m1/s1. The second-order valence-electron chi connectivity index (χ2n) is 10.8. The third-order valence-corrected chi connectivity index (χ3v) is 7.42. The zero-order valence-corrected chi connectivity index (χ0v) is 24.2. The van der Waals surface area contributed by atoms with Gasteiger partial charge < -0.3 is 54.3 Å². The van der Waals surface area contributed by atoms with Gasteiger partial charge >= 0.3 is 17.9 Å². The number of hydrogen-bond acceptors (Lipinski definition) is 14. The number of aliphatic hydroxyl groups excluding tert-OH is 5. The monoisotopic (exact) mass is 632 g/mol. The van der Waals surface area contributed by atoms with Crippen LogP contribution in [0.15, 0.2) is 60.7 Å². The fourth-order valence-corrected chi connectivity index (χ4v) is 5.09. The van der Waals surface area contributed by atoms with E-state index in [1.807, 2.05) is 0 Å². The van der Waals surface area contributed by atoms with Gasteiger partial charge in [0.25, 0.3) is 0 Å². The summed E-state index contributed by atoms with van der Waals surface area (Å²) in [7, 11) is 0. The lowest BCUT2D eigenvalue weighted by Gasteiger charge is -2.41. The highest BCUT2D eigenvalue weighted by molar-refractivity contribution is 5.87. The number of carbonyl (C=O) groups excluding carboxylic acids is 3. The Morgan fingerprint density at radius 2 is 1.62 bits per heavy atom. The molecule has 0 amide bonds. The average Bonchev–Trinajstić information content (AvgIpc) is 3.01. The Morgan fingerprint density at radius 3 is 2.31 bits per heavy atom. The van der Waals surface area contributed by atoms with Crippen LogP contribution in [0.5, 0.6) is 5.75 Å². The molecule has 4 rings (SSSR count). The fraction of sp³-hybridized carbons (Fsp3) is 0.452. The molecule has 14 heteroatoms. The number of ether oxygens (including phenoxy) is 5. The van der Waals surface area contributed by atoms with E-state index in [4.69, 9.17) is 23.7 Å². The number of esters is 3. The minimum atomic E-state index is -2.34. The molecule has 6 N–H and O–H groups in total. The quantitative estimate of drug-likeness (QED) is 0.109. The van der Waals surface area contributed by atoms with Gasteiger partial charge in [-0.05, 0) is 17.7 Å². The predicted octanol–water partition coefficient (Wildman–Crippen LogP) is -0.649. The summed E-state index contributed by atoms with van der Waals surface area (Å²) in [5, 5.41) is 61.8. The van der Waals surface area contributed by atoms with Crippen molar-refractivity contribution in [3.8, 4) is 5.75 Å². The Labute approximate surface area is 258 Å². The van der Waals surface area contributed by atoms with Crippen molar-refractivity contribution in [2.75, 3.05) is 6.61 Å². The molecule has 14 nitrogen and oxygen atoms in total. The summed E-state index contributed by atoms with van der Waals surface area (Å²) in [6, 6.07) is 15.0. The number of hydrogen-bond donors (Lipinski definition) is 6. The summed E-state index contributed by atoms with van der Waals surface area (Å²) < 4.78 is 26.9. The smallest absolute Gasteiger partial charge is 0.338 e. The first kappa shape index (κ1) is 34.0. The molecule has 1 aliphatic carbocycles. The van der Waals surface area contributed by atoms with E-state index in [9.17, 15) is 45.0 Å². The van der Waals surface area contributed by atoms with Gasteiger partial charge in [-0.1, -0.05) is 48.5 Å². The summed E-state index contributed by atoms with van der Waals surface area (Å²) in [6.45, 7) is -0.0437. The maximum absolute atomic E-state index is 13.1. The highest BCUT2D eigenvalue weighted by Crippen LogP contribution is 2.35. The molecular weight excluding hydrogens is 596 g/mol. The van der Waals surface area contributed by atoms with Crippen LogP contribution in [0.1, 0.15) is 30.9 Å². The molecule has 9 atom stereocenters. The number of para-hydroxylation sites is 1. The van der Waals surface area contributed by atoms with Crippen molar-refractivity contribution in [2.45, 2.75) is 81.0 Å². The van der Waals surface area contributed by atoms with Crippen molar-refractivity contribution >= 4 is 24.0 Å². The summed E-state index contributed by atoms with van der Waals surface area (Å²) in [5.74, 6) is -2.76. The Bertz CT molecular complexity index is 1350. The van der Waals surface area contributed by atoms with E-state index in [1.165, 1.54) is 18.2 Å². The first-order valence-corrected chi connectivity index (χ1v) is 14.2. The third-order valence-electron chi connectivity index (χ3n) is 7.42. The van der Waals surface area contributed by atoms with Crippen LogP contribution >= 0.6 is 0 Å². The van der Waals surface area contributed by atoms with Gasteiger partial charge in [0.2, 0.25) is 6.29 Å². The number of benzene rings is 2. The molecule has 0 bridgehead atoms. The Balaban J connectivity index is 1.42. The Kier molecular flexibility index (Phi) is 11.3. The summed E-state index contributed by atoms with van der Waals surface area (Å²) in [5.41, 5.74) is -1.38. The van der Waals surface area contributed by atoms with Crippen LogP contribution in [0.4, 0.5) is 0 Å². The van der Waals surface area contributed by atoms with E-state index in [-0.39, 0.29) is 11.3 Å². The topological polar surface area (TPSA) is 219 Å². The van der Waals surface area contributed by atoms with Gasteiger partial charge in [-0.2, -0.15) is 0 Å². The molecule has 0 radical (unpaired) electrons. The molecule has 45 heavy (non-hydrogen) atoms. The minimum Gasteiger partial charge on any atom is -0.462 e. The van der Waals surface area contributed by atoms with Crippen molar-refractivity contribution in [2.24, 2.45) is 0 Å². The lowest BCUT2D eigenvalue weighted by atomic mass is 9.79. The predicted molar refractivity (Wildman–Crippen MR) is 152 cm³/mol. The van der Waals surface area contributed by atoms with E-state index in [0.717, 1.165) is 13.0 Å². The lowest BCUT2D eigenvalue weighted by molar-refractivity contribution is -0.277. The van der Waals surface area contributed by atoms with Gasteiger partial charge in [-0.3, -0.25) is 4.79 Å². The molecule has 1 saturated carbocycles. The van der Waals surface area contributed by atoms with Crippen LogP contribution in [-0.4, -0.2) is 110 Å². The summed E-state index contributed by atoms with van der Waals surface area (Å²) in [6.07, 6.45) is -10.6. The fourth-order valence-electron chi connectivity index (χ4n) is 5.09. The maximum atomic E-state index is 13.1. The van der Waals surface area contributed by atoms with Crippen LogP contribution in [0.3, 0.4) is 0 Å². The largest absolute Gasteiger partial charge is 0.462 e. The van der Waals surface area contributed by atoms with Crippen LogP contribution in [-0.2, 0) is 39.9 Å². The average molecular weight is 633 g/mol. The van der Waals surface area contributed by atoms with Crippen molar-refractivity contribution in [1.29, 1.82) is 0 Å². The minimum absolute atomic E-state index is 0.0543. The molecule has 0 spiro atoms. The van der Waals surface area contributed by atoms with Gasteiger partial charge in [0.1, 0.15) is 42.9 Å². The van der Waals surface area contributed by atoms with Gasteiger partial charge in [0, 0.05) is 31.4 Å². The normalized spacial score (nSPS) is 31.6. The van der Waals surface area contributed by atoms with E-state index in [1.54, 1.807) is 42.5 Å². The van der Waals surface area contributed by atoms with Crippen LogP contribution in [0.2, 0.25) is 0 Å². The van der Waals surface area contributed by atoms with Gasteiger partial charge in [-0.15, -0.1) is 0 Å². The molecule has 2 fully saturated rings. The molecular formula is C31H36O14. The number of carbonyl (C=O) groups is 3. The molecule has 1 saturated heterocycles. The van der Waals surface area contributed by atoms with E-state index >= 15 is 0 Å². The summed E-state index contributed by atoms with van der Waals surface area (Å²) >= 11 is 0. The van der Waals surface area contributed by atoms with Gasteiger partial charge in [0.05, 0.1) is 12.7 Å². The Hall–Kier alpha value is -3.89. The van der Waals surface area contributed by atoms with Gasteiger partial charge in [0.15, 0.2) is 11.7 Å². The highest BCUT2D eigenvalue weighted by Gasteiger charge is 2.53. The molecule has 0 aromatic heterocycles. The van der Waals surface area contributed by atoms with E-state index in [0.29, 0.717) is 5.56 Å². The number of aliphatic hydroxyl groups is 6. The van der Waals surface area contributed by atoms with Crippen molar-refractivity contribution < 1.29 is 68.7 Å². The molecule has 2 aliphatic rings. The second kappa shape index (κ2) is 14.9. The number of rotatable bonds is 10. The molecule has 0 unspecified atom stereocenters. The first-order valence-electron chi connectivity index (χ1n) is 14.2. The van der Waals surface area contributed by atoms with Crippen molar-refractivity contribution in [3.63, 3.8) is 0 Å². The molecule has 1 heterocycles. The maximum Gasteiger partial charge on any atom is 0.338 e. The molecule has 2 aromatic rings. The second-order valence-corrected chi connectivity index (χ2v) is 10.8. The SMILES string of the molecule is CC(=O)O[C@@H]1C[C@](O)(C(=O)OCc2ccccc2O[C@@H]2O[C@H](CO)[C@@H](O)[C@H](O)[C@H]2O)C[C@@H](O)[C@H]1OC(=O)/C=C/c1ccccc1. The van der Waals surface area contributed by atoms with E-state index in [2.05, 4.69) is 0 Å². The zero-order valence-electron chi connectivity index (χ0n) is 24.2. The molecule has 244 valence electrons. The third kappa shape index (κ3) is 8.43. The van der Waals surface area contributed by atoms with Crippen LogP contribution in [0.25, 0.3) is 6.08 Å². The zero-order chi connectivity index (χ0) is 32.7. The first-order chi connectivity index (χ1) is 21.4. The Morgan fingerprint density at radius 1 is 0.933 bits per heavy atom. The lowest BCUT2D eigenvalue weighted by Crippen LogP contribution is -2.60. The molecule has 2 aromatic carbocycles. The summed E-state index contributed by atoms with van der Waals surface area (Å²) in [4.78, 5) is 37.4. The highest BCUT2D eigenvalue weighted by atomic mass is 16.7. The van der Waals surface area contributed by atoms with Crippen molar-refractivity contribution in [3.05, 3.63) is 71.8 Å². The van der Waals surface area contributed by atoms with E-state index < -0.39 is 98.6 Å². The van der Waals surface area contributed by atoms with Gasteiger partial charge in [-0.25, -0.2) is 9.59 Å². The molecule has 1 aliphatic heterocycles. The van der Waals surface area contributed by atoms with Crippen LogP contribution < -0.4 is 4.74 Å². The van der Waals surface area contributed by atoms with Crippen molar-refractivity contribution in [1.82, 2.24) is 0 Å². The van der Waals surface area contributed by atoms with Crippen LogP contribution in [0, 0.1) is 0 Å².